The van der Waals surface area contributed by atoms with E-state index in [1.54, 1.807) is 0 Å². The molecule has 1 fully saturated rings. The molecule has 6 aliphatic rings. The fourth-order valence-electron chi connectivity index (χ4n) is 16.0. The molecular weight excluding hydrogens is 920 g/mol. The first-order valence-corrected chi connectivity index (χ1v) is 29.1. The Morgan fingerprint density at radius 2 is 1.07 bits per heavy atom. The van der Waals surface area contributed by atoms with E-state index in [9.17, 15) is 0 Å². The van der Waals surface area contributed by atoms with Gasteiger partial charge in [-0.05, 0) is 217 Å². The van der Waals surface area contributed by atoms with E-state index in [0.717, 1.165) is 30.5 Å². The second-order valence-electron chi connectivity index (χ2n) is 28.2. The van der Waals surface area contributed by atoms with Crippen LogP contribution in [0.3, 0.4) is 0 Å². The summed E-state index contributed by atoms with van der Waals surface area (Å²) in [6.07, 6.45) is 10.9. The first kappa shape index (κ1) is 48.1. The zero-order valence-electron chi connectivity index (χ0n) is 47.8. The maximum Gasteiger partial charge on any atom is 0.297 e. The van der Waals surface area contributed by atoms with Crippen LogP contribution in [0.2, 0.25) is 0 Å². The summed E-state index contributed by atoms with van der Waals surface area (Å²) in [5, 5.41) is 1.22. The molecule has 1 saturated carbocycles. The van der Waals surface area contributed by atoms with Crippen molar-refractivity contribution in [3.8, 4) is 22.3 Å². The second kappa shape index (κ2) is 15.9. The summed E-state index contributed by atoms with van der Waals surface area (Å²) < 4.78 is 7.77. The van der Waals surface area contributed by atoms with Crippen LogP contribution in [0.25, 0.3) is 33.2 Å². The number of rotatable bonds is 3. The lowest BCUT2D eigenvalue weighted by atomic mass is 9.35. The predicted molar refractivity (Wildman–Crippen MR) is 324 cm³/mol. The van der Waals surface area contributed by atoms with Crippen molar-refractivity contribution in [3.63, 3.8) is 0 Å². The van der Waals surface area contributed by atoms with Gasteiger partial charge in [0.1, 0.15) is 5.58 Å². The number of hydrogen-bond acceptors (Lipinski definition) is 3. The van der Waals surface area contributed by atoms with Crippen LogP contribution >= 0.6 is 0 Å². The van der Waals surface area contributed by atoms with E-state index in [4.69, 9.17) is 4.42 Å². The highest BCUT2D eigenvalue weighted by molar-refractivity contribution is 7.00. The van der Waals surface area contributed by atoms with Gasteiger partial charge in [0.15, 0.2) is 0 Å². The zero-order chi connectivity index (χ0) is 52.8. The average molecular weight is 997 g/mol. The number of fused-ring (bicyclic) bond motifs is 13. The number of aryl methyl sites for hydroxylation is 2. The lowest BCUT2D eigenvalue weighted by molar-refractivity contribution is 0.332. The summed E-state index contributed by atoms with van der Waals surface area (Å²) in [4.78, 5) is 5.38. The topological polar surface area (TPSA) is 19.6 Å². The summed E-state index contributed by atoms with van der Waals surface area (Å²) in [6, 6.07) is 49.0. The van der Waals surface area contributed by atoms with Gasteiger partial charge in [-0.3, -0.25) is 0 Å². The maximum atomic E-state index is 7.77. The molecule has 384 valence electrons. The number of nitrogens with zero attached hydrogens (tertiary/aromatic N) is 2. The van der Waals surface area contributed by atoms with Gasteiger partial charge in [0, 0.05) is 39.2 Å². The predicted octanol–water partition coefficient (Wildman–Crippen LogP) is 18.0. The zero-order valence-corrected chi connectivity index (χ0v) is 47.8. The smallest absolute Gasteiger partial charge is 0.297 e. The van der Waals surface area contributed by atoms with E-state index in [1.807, 2.05) is 0 Å². The van der Waals surface area contributed by atoms with Crippen LogP contribution in [0.1, 0.15) is 184 Å². The summed E-state index contributed by atoms with van der Waals surface area (Å²) in [5.74, 6) is 0. The Labute approximate surface area is 454 Å². The molecule has 0 N–H and O–H groups in total. The Morgan fingerprint density at radius 3 is 1.75 bits per heavy atom. The van der Waals surface area contributed by atoms with Gasteiger partial charge in [0.05, 0.1) is 11.3 Å². The minimum absolute atomic E-state index is 0.0190. The Morgan fingerprint density at radius 1 is 0.487 bits per heavy atom. The van der Waals surface area contributed by atoms with Gasteiger partial charge in [-0.15, -0.1) is 0 Å². The van der Waals surface area contributed by atoms with Crippen molar-refractivity contribution in [2.24, 2.45) is 0 Å². The third-order valence-electron chi connectivity index (χ3n) is 20.6. The van der Waals surface area contributed by atoms with E-state index in [-0.39, 0.29) is 39.2 Å². The van der Waals surface area contributed by atoms with Crippen LogP contribution in [-0.2, 0) is 32.5 Å². The highest BCUT2D eigenvalue weighted by Gasteiger charge is 2.50. The molecular formula is C72H77BN2O. The normalized spacial score (nSPS) is 19.6. The molecule has 3 heterocycles. The molecule has 7 aromatic carbocycles. The largest absolute Gasteiger partial charge is 0.468 e. The molecule has 4 aliphatic carbocycles. The number of furan rings is 1. The number of hydrogen-bond donors (Lipinski definition) is 0. The third-order valence-corrected chi connectivity index (χ3v) is 20.6. The molecule has 8 aromatic rings. The molecule has 2 aliphatic heterocycles. The summed E-state index contributed by atoms with van der Waals surface area (Å²) in [5.41, 5.74) is 30.4. The molecule has 0 amide bonds. The fraction of sp³-hybridized carbons (Fsp3) is 0.389. The van der Waals surface area contributed by atoms with Crippen molar-refractivity contribution in [3.05, 3.63) is 171 Å². The molecule has 0 unspecified atom stereocenters. The summed E-state index contributed by atoms with van der Waals surface area (Å²) >= 11 is 0. The summed E-state index contributed by atoms with van der Waals surface area (Å²) in [7, 11) is 0. The van der Waals surface area contributed by atoms with Crippen LogP contribution in [0, 0.1) is 13.8 Å². The van der Waals surface area contributed by atoms with Gasteiger partial charge in [-0.25, -0.2) is 0 Å². The van der Waals surface area contributed by atoms with Crippen molar-refractivity contribution >= 4 is 68.4 Å². The van der Waals surface area contributed by atoms with E-state index in [0.29, 0.717) is 0 Å². The van der Waals surface area contributed by atoms with E-state index >= 15 is 0 Å². The average Bonchev–Trinajstić information content (AvgIpc) is 3.89. The minimum Gasteiger partial charge on any atom is -0.468 e. The summed E-state index contributed by atoms with van der Waals surface area (Å²) in [6.45, 7) is 31.3. The molecule has 0 radical (unpaired) electrons. The van der Waals surface area contributed by atoms with Crippen molar-refractivity contribution in [1.82, 2.24) is 0 Å². The first-order valence-electron chi connectivity index (χ1n) is 29.1. The molecule has 0 atom stereocenters. The van der Waals surface area contributed by atoms with Crippen LogP contribution < -0.4 is 26.4 Å². The molecule has 76 heavy (non-hydrogen) atoms. The van der Waals surface area contributed by atoms with E-state index < -0.39 is 0 Å². The van der Waals surface area contributed by atoms with Crippen LogP contribution in [-0.4, -0.2) is 6.71 Å². The van der Waals surface area contributed by atoms with Gasteiger partial charge < -0.3 is 14.2 Å². The molecule has 3 nitrogen and oxygen atoms in total. The van der Waals surface area contributed by atoms with Gasteiger partial charge >= 0.3 is 0 Å². The lowest BCUT2D eigenvalue weighted by Crippen LogP contribution is -2.61. The van der Waals surface area contributed by atoms with Gasteiger partial charge in [0.2, 0.25) is 0 Å². The Kier molecular flexibility index (Phi) is 10.1. The minimum atomic E-state index is -0.148. The van der Waals surface area contributed by atoms with Crippen molar-refractivity contribution in [2.45, 2.75) is 180 Å². The molecule has 1 aromatic heterocycles. The van der Waals surface area contributed by atoms with Crippen molar-refractivity contribution in [2.75, 3.05) is 9.80 Å². The number of anilines is 6. The Hall–Kier alpha value is -6.26. The SMILES string of the molecule is Cc1cccc(C)c1-c1cc2c3c(c1)N(c1ccc4c(c1)C(C)(C)CCC4(C)C)c1c(oc4cc5c(cc14)C(C)(C)CCC5(C)C)B3c1ccc(C(C)(C)C)cc1N2c1ccc2c(c1)C1(CCCCC1)c1ccccc1-2. The fourth-order valence-corrected chi connectivity index (χ4v) is 16.0. The van der Waals surface area contributed by atoms with Gasteiger partial charge in [-0.2, -0.15) is 0 Å². The molecule has 14 rings (SSSR count). The Balaban J connectivity index is 1.12. The monoisotopic (exact) mass is 997 g/mol. The molecule has 1 spiro atoms. The first-order chi connectivity index (χ1) is 36.1. The van der Waals surface area contributed by atoms with Gasteiger partial charge in [0.25, 0.3) is 6.71 Å². The molecule has 0 bridgehead atoms. The Bertz CT molecular complexity index is 3770. The highest BCUT2D eigenvalue weighted by Crippen LogP contribution is 2.59. The maximum absolute atomic E-state index is 7.77. The second-order valence-corrected chi connectivity index (χ2v) is 28.2. The van der Waals surface area contributed by atoms with E-state index in [1.165, 1.54) is 161 Å². The van der Waals surface area contributed by atoms with Crippen molar-refractivity contribution < 1.29 is 4.42 Å². The molecule has 0 saturated heterocycles. The number of benzene rings is 7. The van der Waals surface area contributed by atoms with E-state index in [2.05, 4.69) is 221 Å². The highest BCUT2D eigenvalue weighted by atomic mass is 16.3. The van der Waals surface area contributed by atoms with Crippen LogP contribution in [0.5, 0.6) is 0 Å². The quantitative estimate of drug-likeness (QED) is 0.165. The lowest BCUT2D eigenvalue weighted by Gasteiger charge is -2.45. The van der Waals surface area contributed by atoms with Crippen molar-refractivity contribution in [1.29, 1.82) is 0 Å². The van der Waals surface area contributed by atoms with Gasteiger partial charge in [-0.1, -0.05) is 162 Å². The van der Waals surface area contributed by atoms with Crippen LogP contribution in [0.4, 0.5) is 34.1 Å². The molecule has 4 heteroatoms. The van der Waals surface area contributed by atoms with Crippen LogP contribution in [0.15, 0.2) is 126 Å². The standard InChI is InChI=1S/C72H77BN2O/c1-43-20-19-21-44(2)63(43)45-36-60-64-61(37-45)75(48-26-28-53-55(40-48)69(8,9)33-32-68(53,6)7)65-51-41-56-57(71(12,13)35-34-70(56,10)11)42-62(51)76-66(65)73(64)58-29-24-46(67(3,4)5)38-59(58)74(60)47-25-27-50-49-22-15-16-23-52(49)72(54(50)39-47)30-17-14-18-31-72/h15-16,19-29,36-42H,14,17-18,30-35H2,1-13H3. The third kappa shape index (κ3) is 6.73.